The average Bonchev–Trinajstić information content (AvgIpc) is 2.35. The maximum absolute atomic E-state index is 12.0. The third-order valence-electron chi connectivity index (χ3n) is 2.63. The van der Waals surface area contributed by atoms with Crippen LogP contribution in [0.5, 0.6) is 0 Å². The van der Waals surface area contributed by atoms with Gasteiger partial charge >= 0.3 is 0 Å². The van der Waals surface area contributed by atoms with E-state index >= 15 is 0 Å². The highest BCUT2D eigenvalue weighted by molar-refractivity contribution is 9.10. The summed E-state index contributed by atoms with van der Waals surface area (Å²) in [6.45, 7) is 2.27. The number of aromatic nitrogens is 2. The maximum atomic E-state index is 12.0. The van der Waals surface area contributed by atoms with E-state index in [9.17, 15) is 4.79 Å². The monoisotopic (exact) mass is 307 g/mol. The Labute approximate surface area is 114 Å². The smallest absolute Gasteiger partial charge is 0.253 e. The molecule has 0 aliphatic carbocycles. The van der Waals surface area contributed by atoms with Crippen LogP contribution in [-0.2, 0) is 6.54 Å². The Morgan fingerprint density at radius 3 is 2.94 bits per heavy atom. The van der Waals surface area contributed by atoms with E-state index in [1.165, 1.54) is 0 Å². The standard InChI is InChI=1S/C13H14BrN3O/c1-9-6-10(14)7-17(13(9)18)8-11-4-3-5-12(15-2)16-11/h3-7H,8H2,1-2H3,(H,15,16). The summed E-state index contributed by atoms with van der Waals surface area (Å²) in [5.74, 6) is 0.798. The molecule has 0 spiro atoms. The lowest BCUT2D eigenvalue weighted by molar-refractivity contribution is 0.731. The van der Waals surface area contributed by atoms with Crippen molar-refractivity contribution in [1.29, 1.82) is 0 Å². The minimum absolute atomic E-state index is 0.00913. The van der Waals surface area contributed by atoms with Crippen LogP contribution in [0.1, 0.15) is 11.3 Å². The van der Waals surface area contributed by atoms with Crippen LogP contribution in [0.4, 0.5) is 5.82 Å². The fourth-order valence-corrected chi connectivity index (χ4v) is 2.33. The predicted octanol–water partition coefficient (Wildman–Crippen LogP) is 2.40. The number of anilines is 1. The third-order valence-corrected chi connectivity index (χ3v) is 3.06. The van der Waals surface area contributed by atoms with Crippen LogP contribution < -0.4 is 10.9 Å². The van der Waals surface area contributed by atoms with E-state index < -0.39 is 0 Å². The number of halogens is 1. The number of hydrogen-bond acceptors (Lipinski definition) is 3. The number of rotatable bonds is 3. The van der Waals surface area contributed by atoms with Gasteiger partial charge in [-0.1, -0.05) is 6.07 Å². The van der Waals surface area contributed by atoms with Gasteiger partial charge in [0.05, 0.1) is 12.2 Å². The van der Waals surface area contributed by atoms with Gasteiger partial charge in [-0.25, -0.2) is 4.98 Å². The van der Waals surface area contributed by atoms with Crippen molar-refractivity contribution in [2.75, 3.05) is 12.4 Å². The molecule has 0 unspecified atom stereocenters. The lowest BCUT2D eigenvalue weighted by Gasteiger charge is -2.08. The first-order chi connectivity index (χ1) is 8.60. The Morgan fingerprint density at radius 1 is 1.44 bits per heavy atom. The molecule has 0 aliphatic heterocycles. The maximum Gasteiger partial charge on any atom is 0.253 e. The van der Waals surface area contributed by atoms with Gasteiger partial charge in [0, 0.05) is 23.3 Å². The molecule has 0 saturated heterocycles. The molecule has 2 rings (SSSR count). The first-order valence-electron chi connectivity index (χ1n) is 5.60. The Hall–Kier alpha value is -1.62. The SMILES string of the molecule is CNc1cccc(Cn2cc(Br)cc(C)c2=O)n1. The fraction of sp³-hybridized carbons (Fsp3) is 0.231. The van der Waals surface area contributed by atoms with Gasteiger partial charge in [0.15, 0.2) is 0 Å². The predicted molar refractivity (Wildman–Crippen MR) is 76.0 cm³/mol. The summed E-state index contributed by atoms with van der Waals surface area (Å²) in [6, 6.07) is 7.53. The first kappa shape index (κ1) is 12.8. The molecule has 2 aromatic heterocycles. The second kappa shape index (κ2) is 5.35. The van der Waals surface area contributed by atoms with E-state index in [2.05, 4.69) is 26.2 Å². The van der Waals surface area contributed by atoms with Crippen molar-refractivity contribution in [3.05, 3.63) is 56.5 Å². The molecule has 0 bridgehead atoms. The van der Waals surface area contributed by atoms with Gasteiger partial charge in [-0.05, 0) is 41.1 Å². The lowest BCUT2D eigenvalue weighted by atomic mass is 10.3. The molecule has 18 heavy (non-hydrogen) atoms. The van der Waals surface area contributed by atoms with E-state index in [0.29, 0.717) is 12.1 Å². The topological polar surface area (TPSA) is 46.9 Å². The molecule has 4 nitrogen and oxygen atoms in total. The number of nitrogens with one attached hydrogen (secondary N) is 1. The Bertz CT molecular complexity index is 622. The zero-order valence-corrected chi connectivity index (χ0v) is 11.9. The second-order valence-electron chi connectivity index (χ2n) is 4.04. The van der Waals surface area contributed by atoms with Crippen LogP contribution in [0.25, 0.3) is 0 Å². The Balaban J connectivity index is 2.36. The van der Waals surface area contributed by atoms with E-state index in [4.69, 9.17) is 0 Å². The first-order valence-corrected chi connectivity index (χ1v) is 6.39. The quantitative estimate of drug-likeness (QED) is 0.947. The molecule has 0 radical (unpaired) electrons. The molecule has 0 amide bonds. The molecule has 1 N–H and O–H groups in total. The van der Waals surface area contributed by atoms with Crippen molar-refractivity contribution in [3.63, 3.8) is 0 Å². The van der Waals surface area contributed by atoms with Crippen LogP contribution >= 0.6 is 15.9 Å². The van der Waals surface area contributed by atoms with Crippen LogP contribution in [0.3, 0.4) is 0 Å². The molecule has 94 valence electrons. The van der Waals surface area contributed by atoms with Gasteiger partial charge in [-0.3, -0.25) is 4.79 Å². The van der Waals surface area contributed by atoms with Crippen LogP contribution in [0, 0.1) is 6.92 Å². The Morgan fingerprint density at radius 2 is 2.22 bits per heavy atom. The van der Waals surface area contributed by atoms with Crippen LogP contribution in [-0.4, -0.2) is 16.6 Å². The largest absolute Gasteiger partial charge is 0.373 e. The minimum atomic E-state index is 0.00913. The molecule has 5 heteroatoms. The summed E-state index contributed by atoms with van der Waals surface area (Å²) in [5.41, 5.74) is 1.57. The molecule has 0 atom stereocenters. The van der Waals surface area contributed by atoms with E-state index in [1.807, 2.05) is 31.3 Å². The van der Waals surface area contributed by atoms with Gasteiger partial charge in [0.25, 0.3) is 5.56 Å². The second-order valence-corrected chi connectivity index (χ2v) is 4.95. The number of nitrogens with zero attached hydrogens (tertiary/aromatic N) is 2. The summed E-state index contributed by atoms with van der Waals surface area (Å²) in [7, 11) is 1.82. The van der Waals surface area contributed by atoms with E-state index in [-0.39, 0.29) is 5.56 Å². The highest BCUT2D eigenvalue weighted by atomic mass is 79.9. The minimum Gasteiger partial charge on any atom is -0.373 e. The van der Waals surface area contributed by atoms with Crippen molar-refractivity contribution in [2.45, 2.75) is 13.5 Å². The average molecular weight is 308 g/mol. The van der Waals surface area contributed by atoms with Crippen molar-refractivity contribution >= 4 is 21.7 Å². The van der Waals surface area contributed by atoms with E-state index in [0.717, 1.165) is 16.0 Å². The summed E-state index contributed by atoms with van der Waals surface area (Å²) >= 11 is 3.40. The highest BCUT2D eigenvalue weighted by Crippen LogP contribution is 2.10. The van der Waals surface area contributed by atoms with Crippen LogP contribution in [0.15, 0.2) is 39.7 Å². The van der Waals surface area contributed by atoms with Gasteiger partial charge < -0.3 is 9.88 Å². The molecule has 2 aromatic rings. The van der Waals surface area contributed by atoms with Crippen molar-refractivity contribution in [3.8, 4) is 0 Å². The number of pyridine rings is 2. The Kier molecular flexibility index (Phi) is 3.81. The lowest BCUT2D eigenvalue weighted by Crippen LogP contribution is -2.22. The summed E-state index contributed by atoms with van der Waals surface area (Å²) < 4.78 is 2.55. The van der Waals surface area contributed by atoms with Crippen molar-refractivity contribution < 1.29 is 0 Å². The number of hydrogen-bond donors (Lipinski definition) is 1. The van der Waals surface area contributed by atoms with Gasteiger partial charge in [-0.2, -0.15) is 0 Å². The summed E-state index contributed by atoms with van der Waals surface area (Å²) in [5, 5.41) is 2.98. The molecule has 2 heterocycles. The van der Waals surface area contributed by atoms with Crippen molar-refractivity contribution in [1.82, 2.24) is 9.55 Å². The third kappa shape index (κ3) is 2.79. The zero-order chi connectivity index (χ0) is 13.1. The van der Waals surface area contributed by atoms with Gasteiger partial charge in [0.1, 0.15) is 5.82 Å². The normalized spacial score (nSPS) is 10.4. The summed E-state index contributed by atoms with van der Waals surface area (Å²) in [6.07, 6.45) is 1.78. The molecule has 0 fully saturated rings. The molecular formula is C13H14BrN3O. The zero-order valence-electron chi connectivity index (χ0n) is 10.3. The molecule has 0 saturated carbocycles. The number of aryl methyl sites for hydroxylation is 1. The fourth-order valence-electron chi connectivity index (χ4n) is 1.74. The molecule has 0 aromatic carbocycles. The molecule has 0 aliphatic rings. The molecular weight excluding hydrogens is 294 g/mol. The van der Waals surface area contributed by atoms with Gasteiger partial charge in [0.2, 0.25) is 0 Å². The van der Waals surface area contributed by atoms with Crippen molar-refractivity contribution in [2.24, 2.45) is 0 Å². The highest BCUT2D eigenvalue weighted by Gasteiger charge is 2.04. The van der Waals surface area contributed by atoms with E-state index in [1.54, 1.807) is 17.7 Å². The summed E-state index contributed by atoms with van der Waals surface area (Å²) in [4.78, 5) is 16.4. The van der Waals surface area contributed by atoms with Gasteiger partial charge in [-0.15, -0.1) is 0 Å². The van der Waals surface area contributed by atoms with Crippen LogP contribution in [0.2, 0.25) is 0 Å².